The number of rotatable bonds is 1. The van der Waals surface area contributed by atoms with Crippen molar-refractivity contribution in [1.82, 2.24) is 14.9 Å². The number of halogens is 2. The summed E-state index contributed by atoms with van der Waals surface area (Å²) >= 11 is 3.41. The molecule has 2 aromatic heterocycles. The molecule has 0 N–H and O–H groups in total. The number of aromatic nitrogens is 2. The topological polar surface area (TPSA) is 45.4 Å². The van der Waals surface area contributed by atoms with E-state index < -0.39 is 0 Å². The molecule has 0 spiro atoms. The minimum absolute atomic E-state index is 0. The number of hydrogen-bond acceptors (Lipinski definition) is 5. The highest BCUT2D eigenvalue weighted by Crippen LogP contribution is 2.29. The fourth-order valence-electron chi connectivity index (χ4n) is 3.05. The maximum Gasteiger partial charge on any atom is 0.300 e. The van der Waals surface area contributed by atoms with Gasteiger partial charge >= 0.3 is 0 Å². The summed E-state index contributed by atoms with van der Waals surface area (Å²) in [6.07, 6.45) is 4.17. The van der Waals surface area contributed by atoms with Gasteiger partial charge in [-0.25, -0.2) is 4.98 Å². The molecule has 7 heteroatoms. The predicted molar refractivity (Wildman–Crippen MR) is 86.6 cm³/mol. The first-order valence-corrected chi connectivity index (χ1v) is 7.50. The molecule has 2 aromatic rings. The summed E-state index contributed by atoms with van der Waals surface area (Å²) in [5.74, 6) is 0. The molecule has 5 heterocycles. The molecule has 5 nitrogen and oxygen atoms in total. The Kier molecular flexibility index (Phi) is 4.01. The van der Waals surface area contributed by atoms with E-state index in [-0.39, 0.29) is 17.0 Å². The monoisotopic (exact) mass is 402 g/mol. The number of piperidine rings is 1. The zero-order valence-corrected chi connectivity index (χ0v) is 14.3. The highest BCUT2D eigenvalue weighted by molar-refractivity contribution is 9.10. The zero-order chi connectivity index (χ0) is 12.8. The fourth-order valence-corrected chi connectivity index (χ4v) is 3.36. The van der Waals surface area contributed by atoms with Crippen molar-refractivity contribution >= 4 is 50.2 Å². The molecule has 0 amide bonds. The van der Waals surface area contributed by atoms with Gasteiger partial charge in [0.05, 0.1) is 0 Å². The normalized spacial score (nSPS) is 25.6. The minimum atomic E-state index is 0. The van der Waals surface area contributed by atoms with Crippen molar-refractivity contribution in [2.75, 3.05) is 31.1 Å². The SMILES string of the molecule is Br.Brc1cnc2nc(N3CCN4CCC3CC4)oc2c1. The molecular weight excluding hydrogens is 388 g/mol. The summed E-state index contributed by atoms with van der Waals surface area (Å²) in [6.45, 7) is 4.50. The van der Waals surface area contributed by atoms with Crippen molar-refractivity contribution in [2.45, 2.75) is 18.9 Å². The van der Waals surface area contributed by atoms with Gasteiger partial charge in [0.2, 0.25) is 5.65 Å². The number of anilines is 1. The van der Waals surface area contributed by atoms with Gasteiger partial charge in [-0.2, -0.15) is 4.98 Å². The van der Waals surface area contributed by atoms with Crippen LogP contribution in [0.1, 0.15) is 12.8 Å². The first-order chi connectivity index (χ1) is 9.29. The smallest absolute Gasteiger partial charge is 0.300 e. The quantitative estimate of drug-likeness (QED) is 0.732. The number of oxazole rings is 1. The first-order valence-electron chi connectivity index (χ1n) is 6.71. The molecule has 3 fully saturated rings. The van der Waals surface area contributed by atoms with Crippen LogP contribution in [-0.4, -0.2) is 47.1 Å². The number of nitrogens with zero attached hydrogens (tertiary/aromatic N) is 4. The van der Waals surface area contributed by atoms with Crippen LogP contribution in [0.3, 0.4) is 0 Å². The lowest BCUT2D eigenvalue weighted by atomic mass is 10.1. The zero-order valence-electron chi connectivity index (χ0n) is 11.0. The van der Waals surface area contributed by atoms with Crippen LogP contribution in [-0.2, 0) is 0 Å². The van der Waals surface area contributed by atoms with E-state index in [1.54, 1.807) is 6.20 Å². The summed E-state index contributed by atoms with van der Waals surface area (Å²) in [6, 6.07) is 3.22. The van der Waals surface area contributed by atoms with Gasteiger partial charge in [-0.1, -0.05) is 0 Å². The third-order valence-corrected chi connectivity index (χ3v) is 4.54. The molecule has 2 bridgehead atoms. The Balaban J connectivity index is 0.00000121. The van der Waals surface area contributed by atoms with Crippen molar-refractivity contribution in [3.8, 4) is 0 Å². The van der Waals surface area contributed by atoms with E-state index in [2.05, 4.69) is 35.7 Å². The van der Waals surface area contributed by atoms with Gasteiger partial charge in [0.25, 0.3) is 6.01 Å². The summed E-state index contributed by atoms with van der Waals surface area (Å²) in [4.78, 5) is 13.7. The third kappa shape index (κ3) is 2.46. The van der Waals surface area contributed by atoms with E-state index in [0.717, 1.165) is 29.2 Å². The Morgan fingerprint density at radius 1 is 1.20 bits per heavy atom. The summed E-state index contributed by atoms with van der Waals surface area (Å²) < 4.78 is 6.82. The second-order valence-corrected chi connectivity index (χ2v) is 6.15. The molecule has 0 saturated carbocycles. The molecule has 3 aliphatic rings. The van der Waals surface area contributed by atoms with Crippen LogP contribution in [0.15, 0.2) is 21.2 Å². The lowest BCUT2D eigenvalue weighted by Crippen LogP contribution is -2.38. The minimum Gasteiger partial charge on any atom is -0.422 e. The Bertz CT molecular complexity index is 609. The highest BCUT2D eigenvalue weighted by atomic mass is 79.9. The van der Waals surface area contributed by atoms with Crippen molar-refractivity contribution in [3.05, 3.63) is 16.7 Å². The van der Waals surface area contributed by atoms with E-state index in [4.69, 9.17) is 4.42 Å². The van der Waals surface area contributed by atoms with E-state index in [1.165, 1.54) is 25.9 Å². The lowest BCUT2D eigenvalue weighted by molar-refractivity contribution is 0.249. The van der Waals surface area contributed by atoms with Crippen LogP contribution >= 0.6 is 32.9 Å². The molecule has 3 aliphatic heterocycles. The predicted octanol–water partition coefficient (Wildman–Crippen LogP) is 2.85. The second-order valence-electron chi connectivity index (χ2n) is 5.24. The summed E-state index contributed by atoms with van der Waals surface area (Å²) in [5.41, 5.74) is 1.45. The van der Waals surface area contributed by atoms with Gasteiger partial charge < -0.3 is 14.2 Å². The van der Waals surface area contributed by atoms with Gasteiger partial charge in [0.15, 0.2) is 5.58 Å². The van der Waals surface area contributed by atoms with Crippen molar-refractivity contribution in [3.63, 3.8) is 0 Å². The van der Waals surface area contributed by atoms with Gasteiger partial charge in [-0.05, 0) is 28.8 Å². The van der Waals surface area contributed by atoms with Crippen LogP contribution in [0.25, 0.3) is 11.2 Å². The molecule has 108 valence electrons. The highest BCUT2D eigenvalue weighted by Gasteiger charge is 2.31. The third-order valence-electron chi connectivity index (χ3n) is 4.10. The standard InChI is InChI=1S/C13H15BrN4O.BrH/c14-9-7-11-12(15-8-9)16-13(19-11)18-6-5-17-3-1-10(18)2-4-17;/h7-8,10H,1-6H2;1H. The van der Waals surface area contributed by atoms with Gasteiger partial charge in [0.1, 0.15) is 0 Å². The van der Waals surface area contributed by atoms with Crippen LogP contribution in [0, 0.1) is 0 Å². The van der Waals surface area contributed by atoms with Crippen molar-refractivity contribution in [1.29, 1.82) is 0 Å². The number of pyridine rings is 1. The van der Waals surface area contributed by atoms with E-state index >= 15 is 0 Å². The average molecular weight is 404 g/mol. The van der Waals surface area contributed by atoms with Crippen LogP contribution in [0.2, 0.25) is 0 Å². The Morgan fingerprint density at radius 3 is 2.80 bits per heavy atom. The Hall–Kier alpha value is -0.660. The Labute approximate surface area is 136 Å². The number of fused-ring (bicyclic) bond motifs is 5. The van der Waals surface area contributed by atoms with Crippen molar-refractivity contribution < 1.29 is 4.42 Å². The van der Waals surface area contributed by atoms with Crippen molar-refractivity contribution in [2.24, 2.45) is 0 Å². The van der Waals surface area contributed by atoms with E-state index in [9.17, 15) is 0 Å². The molecular formula is C13H16Br2N4O. The molecule has 0 aliphatic carbocycles. The molecule has 0 unspecified atom stereocenters. The fraction of sp³-hybridized carbons (Fsp3) is 0.538. The van der Waals surface area contributed by atoms with E-state index in [0.29, 0.717) is 11.7 Å². The molecule has 3 saturated heterocycles. The van der Waals surface area contributed by atoms with Crippen LogP contribution in [0.5, 0.6) is 0 Å². The number of hydrogen-bond donors (Lipinski definition) is 0. The van der Waals surface area contributed by atoms with Crippen LogP contribution < -0.4 is 4.90 Å². The molecule has 5 rings (SSSR count). The maximum absolute atomic E-state index is 5.90. The van der Waals surface area contributed by atoms with Gasteiger partial charge in [0, 0.05) is 49.0 Å². The van der Waals surface area contributed by atoms with E-state index in [1.807, 2.05) is 6.07 Å². The lowest BCUT2D eigenvalue weighted by Gasteiger charge is -2.30. The first kappa shape index (κ1) is 14.3. The van der Waals surface area contributed by atoms with Gasteiger partial charge in [-0.3, -0.25) is 0 Å². The average Bonchev–Trinajstić information content (AvgIpc) is 2.61. The second kappa shape index (κ2) is 5.61. The molecule has 0 radical (unpaired) electrons. The molecule has 20 heavy (non-hydrogen) atoms. The molecule has 0 atom stereocenters. The molecule has 0 aromatic carbocycles. The summed E-state index contributed by atoms with van der Waals surface area (Å²) in [7, 11) is 0. The largest absolute Gasteiger partial charge is 0.422 e. The summed E-state index contributed by atoms with van der Waals surface area (Å²) in [5, 5.41) is 0. The Morgan fingerprint density at radius 2 is 2.00 bits per heavy atom. The maximum atomic E-state index is 5.90. The van der Waals surface area contributed by atoms with Gasteiger partial charge in [-0.15, -0.1) is 17.0 Å². The van der Waals surface area contributed by atoms with Crippen LogP contribution in [0.4, 0.5) is 6.01 Å².